The Bertz CT molecular complexity index is 1690. The fraction of sp³-hybridized carbons (Fsp3) is 0.395. The molecule has 0 spiro atoms. The third kappa shape index (κ3) is 11.3. The molecule has 272 valence electrons. The number of carbonyl (C=O) groups is 2. The molecule has 0 amide bonds. The molecule has 0 aliphatic rings. The molecule has 4 N–H and O–H groups in total. The van der Waals surface area contributed by atoms with Crippen molar-refractivity contribution in [1.82, 2.24) is 0 Å². The third-order valence-corrected chi connectivity index (χ3v) is 9.40. The lowest BCUT2D eigenvalue weighted by Gasteiger charge is -2.25. The first-order chi connectivity index (χ1) is 24.4. The monoisotopic (exact) mass is 696 g/mol. The Kier molecular flexibility index (Phi) is 13.9. The maximum atomic E-state index is 11.7. The van der Waals surface area contributed by atoms with E-state index in [-0.39, 0.29) is 41.3 Å². The van der Waals surface area contributed by atoms with Gasteiger partial charge in [0, 0.05) is 12.8 Å². The summed E-state index contributed by atoms with van der Waals surface area (Å²) in [6.07, 6.45) is 10.9. The van der Waals surface area contributed by atoms with Gasteiger partial charge in [-0.05, 0) is 83.0 Å². The zero-order chi connectivity index (χ0) is 37.0. The van der Waals surface area contributed by atoms with Crippen molar-refractivity contribution in [2.75, 3.05) is 13.2 Å². The SMILES string of the molecule is CCCCCCCCCC(C)(C)c1ccc(OCCOc2c(Cc3ccc(O)c(C(=O)O)c3)cc(C)cc2Cc2ccc(O)c(C(=O)O)c2)cc1. The first kappa shape index (κ1) is 38.8. The molecule has 0 saturated heterocycles. The molecule has 4 aromatic rings. The minimum Gasteiger partial charge on any atom is -0.507 e. The summed E-state index contributed by atoms with van der Waals surface area (Å²) in [6.45, 7) is 9.28. The summed E-state index contributed by atoms with van der Waals surface area (Å²) < 4.78 is 12.5. The summed E-state index contributed by atoms with van der Waals surface area (Å²) in [7, 11) is 0. The second kappa shape index (κ2) is 18.3. The number of rotatable bonds is 20. The molecule has 0 aliphatic heterocycles. The highest BCUT2D eigenvalue weighted by molar-refractivity contribution is 5.91. The molecule has 0 radical (unpaired) electrons. The molecule has 0 heterocycles. The average Bonchev–Trinajstić information content (AvgIpc) is 3.08. The van der Waals surface area contributed by atoms with Crippen molar-refractivity contribution in [3.63, 3.8) is 0 Å². The summed E-state index contributed by atoms with van der Waals surface area (Å²) in [4.78, 5) is 23.4. The van der Waals surface area contributed by atoms with Crippen LogP contribution in [0.15, 0.2) is 72.8 Å². The maximum Gasteiger partial charge on any atom is 0.339 e. The van der Waals surface area contributed by atoms with Gasteiger partial charge in [0.05, 0.1) is 0 Å². The van der Waals surface area contributed by atoms with E-state index in [1.807, 2.05) is 31.2 Å². The van der Waals surface area contributed by atoms with Crippen molar-refractivity contribution in [2.24, 2.45) is 0 Å². The van der Waals surface area contributed by atoms with Crippen LogP contribution in [0.1, 0.15) is 126 Å². The molecule has 0 bridgehead atoms. The van der Waals surface area contributed by atoms with Crippen LogP contribution in [0, 0.1) is 6.92 Å². The van der Waals surface area contributed by atoms with Crippen LogP contribution in [0.4, 0.5) is 0 Å². The average molecular weight is 697 g/mol. The number of phenols is 2. The third-order valence-electron chi connectivity index (χ3n) is 9.40. The van der Waals surface area contributed by atoms with Crippen LogP contribution in [0.5, 0.6) is 23.0 Å². The Morgan fingerprint density at radius 3 is 1.65 bits per heavy atom. The van der Waals surface area contributed by atoms with Crippen molar-refractivity contribution < 1.29 is 39.5 Å². The highest BCUT2D eigenvalue weighted by Crippen LogP contribution is 2.33. The topological polar surface area (TPSA) is 134 Å². The smallest absolute Gasteiger partial charge is 0.339 e. The number of hydrogen-bond acceptors (Lipinski definition) is 6. The molecule has 51 heavy (non-hydrogen) atoms. The molecule has 0 atom stereocenters. The molecule has 0 unspecified atom stereocenters. The lowest BCUT2D eigenvalue weighted by atomic mass is 9.80. The van der Waals surface area contributed by atoms with Crippen LogP contribution in [-0.4, -0.2) is 45.6 Å². The second-order valence-corrected chi connectivity index (χ2v) is 14.1. The zero-order valence-electron chi connectivity index (χ0n) is 30.3. The fourth-order valence-corrected chi connectivity index (χ4v) is 6.52. The predicted octanol–water partition coefficient (Wildman–Crippen LogP) is 9.86. The van der Waals surface area contributed by atoms with Crippen molar-refractivity contribution in [3.8, 4) is 23.0 Å². The Hall–Kier alpha value is -4.98. The molecule has 4 rings (SSSR count). The van der Waals surface area contributed by atoms with E-state index in [1.54, 1.807) is 12.1 Å². The number of carboxylic acid groups (broad SMARTS) is 2. The number of hydrogen-bond donors (Lipinski definition) is 4. The number of benzene rings is 4. The fourth-order valence-electron chi connectivity index (χ4n) is 6.52. The number of aryl methyl sites for hydroxylation is 1. The van der Waals surface area contributed by atoms with Crippen LogP contribution >= 0.6 is 0 Å². The standard InChI is InChI=1S/C43H52O8/c1-5-6-7-8-9-10-11-20-43(3,4)34-14-16-35(17-15-34)50-21-22-51-40-32(25-30-12-18-38(44)36(27-30)41(46)47)23-29(2)24-33(40)26-31-13-19-39(45)37(28-31)42(48)49/h12-19,23-24,27-28,44-45H,5-11,20-22,25-26H2,1-4H3,(H,46,47)(H,48,49). The molecular weight excluding hydrogens is 644 g/mol. The lowest BCUT2D eigenvalue weighted by Crippen LogP contribution is -2.17. The van der Waals surface area contributed by atoms with Crippen molar-refractivity contribution in [2.45, 2.75) is 97.3 Å². The van der Waals surface area contributed by atoms with Crippen LogP contribution in [0.25, 0.3) is 0 Å². The van der Waals surface area contributed by atoms with Gasteiger partial charge in [-0.25, -0.2) is 9.59 Å². The van der Waals surface area contributed by atoms with Gasteiger partial charge in [-0.3, -0.25) is 0 Å². The van der Waals surface area contributed by atoms with Gasteiger partial charge in [0.2, 0.25) is 0 Å². The normalized spacial score (nSPS) is 11.4. The summed E-state index contributed by atoms with van der Waals surface area (Å²) in [5, 5.41) is 39.2. The molecule has 0 aliphatic carbocycles. The minimum absolute atomic E-state index is 0.0781. The Morgan fingerprint density at radius 2 is 1.14 bits per heavy atom. The highest BCUT2D eigenvalue weighted by atomic mass is 16.5. The van der Waals surface area contributed by atoms with Gasteiger partial charge < -0.3 is 29.9 Å². The van der Waals surface area contributed by atoms with Crippen molar-refractivity contribution >= 4 is 11.9 Å². The maximum absolute atomic E-state index is 11.7. The van der Waals surface area contributed by atoms with Gasteiger partial charge in [-0.15, -0.1) is 0 Å². The number of unbranched alkanes of at least 4 members (excludes halogenated alkanes) is 6. The van der Waals surface area contributed by atoms with E-state index in [2.05, 4.69) is 32.9 Å². The van der Waals surface area contributed by atoms with E-state index in [0.29, 0.717) is 29.7 Å². The number of carboxylic acids is 2. The largest absolute Gasteiger partial charge is 0.507 e. The summed E-state index contributed by atoms with van der Waals surface area (Å²) in [5.41, 5.74) is 4.89. The van der Waals surface area contributed by atoms with Gasteiger partial charge in [0.1, 0.15) is 47.3 Å². The van der Waals surface area contributed by atoms with Crippen LogP contribution in [0.2, 0.25) is 0 Å². The molecule has 0 fully saturated rings. The molecule has 8 heteroatoms. The highest BCUT2D eigenvalue weighted by Gasteiger charge is 2.21. The predicted molar refractivity (Wildman–Crippen MR) is 200 cm³/mol. The van der Waals surface area contributed by atoms with Crippen LogP contribution in [0.3, 0.4) is 0 Å². The number of aromatic carboxylic acids is 2. The number of ether oxygens (including phenoxy) is 2. The summed E-state index contributed by atoms with van der Waals surface area (Å²) in [5.74, 6) is -1.73. The van der Waals surface area contributed by atoms with Crippen LogP contribution in [-0.2, 0) is 18.3 Å². The zero-order valence-corrected chi connectivity index (χ0v) is 30.3. The Labute approximate surface area is 301 Å². The van der Waals surface area contributed by atoms with E-state index < -0.39 is 11.9 Å². The second-order valence-electron chi connectivity index (χ2n) is 14.1. The van der Waals surface area contributed by atoms with E-state index in [0.717, 1.165) is 28.9 Å². The van der Waals surface area contributed by atoms with E-state index >= 15 is 0 Å². The van der Waals surface area contributed by atoms with Gasteiger partial charge in [0.25, 0.3) is 0 Å². The van der Waals surface area contributed by atoms with Gasteiger partial charge in [-0.1, -0.05) is 108 Å². The van der Waals surface area contributed by atoms with Crippen molar-refractivity contribution in [3.05, 3.63) is 117 Å². The first-order valence-corrected chi connectivity index (χ1v) is 18.0. The van der Waals surface area contributed by atoms with E-state index in [4.69, 9.17) is 9.47 Å². The molecule has 8 nitrogen and oxygen atoms in total. The quantitative estimate of drug-likeness (QED) is 0.0671. The lowest BCUT2D eigenvalue weighted by molar-refractivity contribution is 0.0682. The summed E-state index contributed by atoms with van der Waals surface area (Å²) in [6, 6.07) is 21.2. The molecular formula is C43H52O8. The Balaban J connectivity index is 1.47. The van der Waals surface area contributed by atoms with Gasteiger partial charge >= 0.3 is 11.9 Å². The molecule has 4 aromatic carbocycles. The van der Waals surface area contributed by atoms with Gasteiger partial charge in [-0.2, -0.15) is 0 Å². The summed E-state index contributed by atoms with van der Waals surface area (Å²) >= 11 is 0. The van der Waals surface area contributed by atoms with Gasteiger partial charge in [0.15, 0.2) is 0 Å². The van der Waals surface area contributed by atoms with E-state index in [1.165, 1.54) is 74.8 Å². The minimum atomic E-state index is -1.22. The Morgan fingerprint density at radius 1 is 0.647 bits per heavy atom. The molecule has 0 saturated carbocycles. The number of aromatic hydroxyl groups is 2. The molecule has 0 aromatic heterocycles. The van der Waals surface area contributed by atoms with Crippen LogP contribution < -0.4 is 9.47 Å². The van der Waals surface area contributed by atoms with E-state index in [9.17, 15) is 30.0 Å². The van der Waals surface area contributed by atoms with Crippen molar-refractivity contribution in [1.29, 1.82) is 0 Å². The first-order valence-electron chi connectivity index (χ1n) is 18.0.